The van der Waals surface area contributed by atoms with Gasteiger partial charge in [0.1, 0.15) is 6.04 Å². The normalized spacial score (nSPS) is 19.8. The van der Waals surface area contributed by atoms with Crippen molar-refractivity contribution in [2.45, 2.75) is 18.9 Å². The molecule has 1 atom stereocenters. The summed E-state index contributed by atoms with van der Waals surface area (Å²) in [5, 5.41) is 0. The quantitative estimate of drug-likeness (QED) is 0.770. The average Bonchev–Trinajstić information content (AvgIpc) is 2.78. The topological polar surface area (TPSA) is 76.3 Å². The van der Waals surface area contributed by atoms with Crippen molar-refractivity contribution >= 4 is 11.8 Å². The van der Waals surface area contributed by atoms with Crippen molar-refractivity contribution in [1.82, 2.24) is 9.88 Å². The lowest BCUT2D eigenvalue weighted by Crippen LogP contribution is -2.43. The van der Waals surface area contributed by atoms with Crippen molar-refractivity contribution in [3.05, 3.63) is 30.1 Å². The molecule has 1 aliphatic rings. The van der Waals surface area contributed by atoms with Gasteiger partial charge in [0.05, 0.1) is 0 Å². The van der Waals surface area contributed by atoms with Crippen molar-refractivity contribution in [3.8, 4) is 0 Å². The Bertz CT molecular complexity index is 405. The molecule has 5 nitrogen and oxygen atoms in total. The molecule has 0 aliphatic carbocycles. The highest BCUT2D eigenvalue weighted by molar-refractivity contribution is 5.97. The van der Waals surface area contributed by atoms with Crippen LogP contribution in [0.3, 0.4) is 0 Å². The third-order valence-corrected chi connectivity index (χ3v) is 2.77. The lowest BCUT2D eigenvalue weighted by Gasteiger charge is -2.21. The first kappa shape index (κ1) is 10.6. The van der Waals surface area contributed by atoms with E-state index in [2.05, 4.69) is 4.98 Å². The molecule has 2 rings (SSSR count). The van der Waals surface area contributed by atoms with E-state index in [4.69, 9.17) is 5.73 Å². The molecule has 1 fully saturated rings. The summed E-state index contributed by atoms with van der Waals surface area (Å²) in [6, 6.07) is 2.82. The summed E-state index contributed by atoms with van der Waals surface area (Å²) in [6.07, 6.45) is 4.60. The van der Waals surface area contributed by atoms with Crippen LogP contribution >= 0.6 is 0 Å². The van der Waals surface area contributed by atoms with Crippen LogP contribution in [0.1, 0.15) is 23.2 Å². The van der Waals surface area contributed by atoms with Gasteiger partial charge in [0.2, 0.25) is 5.91 Å². The number of carbonyl (C=O) groups excluding carboxylic acids is 2. The largest absolute Gasteiger partial charge is 0.368 e. The fourth-order valence-electron chi connectivity index (χ4n) is 1.97. The highest BCUT2D eigenvalue weighted by atomic mass is 16.2. The molecule has 2 amide bonds. The summed E-state index contributed by atoms with van der Waals surface area (Å²) in [5.41, 5.74) is 5.80. The second-order valence-corrected chi connectivity index (χ2v) is 3.79. The maximum atomic E-state index is 12.1. The Morgan fingerprint density at radius 1 is 1.38 bits per heavy atom. The molecule has 84 valence electrons. The number of hydrogen-bond acceptors (Lipinski definition) is 3. The third-order valence-electron chi connectivity index (χ3n) is 2.77. The first-order valence-corrected chi connectivity index (χ1v) is 5.20. The first-order valence-electron chi connectivity index (χ1n) is 5.20. The summed E-state index contributed by atoms with van der Waals surface area (Å²) in [6.45, 7) is 0.592. The minimum Gasteiger partial charge on any atom is -0.368 e. The van der Waals surface area contributed by atoms with Crippen molar-refractivity contribution in [2.24, 2.45) is 5.73 Å². The van der Waals surface area contributed by atoms with E-state index in [1.54, 1.807) is 24.5 Å². The van der Waals surface area contributed by atoms with Gasteiger partial charge in [-0.1, -0.05) is 0 Å². The second kappa shape index (κ2) is 4.30. The van der Waals surface area contributed by atoms with Gasteiger partial charge in [0.25, 0.3) is 5.91 Å². The number of nitrogens with two attached hydrogens (primary N) is 1. The van der Waals surface area contributed by atoms with E-state index in [0.717, 1.165) is 6.42 Å². The molecule has 5 heteroatoms. The van der Waals surface area contributed by atoms with Crippen LogP contribution in [0.25, 0.3) is 0 Å². The van der Waals surface area contributed by atoms with Crippen molar-refractivity contribution in [2.75, 3.05) is 6.54 Å². The first-order chi connectivity index (χ1) is 7.70. The molecule has 1 saturated heterocycles. The summed E-state index contributed by atoms with van der Waals surface area (Å²) in [5.74, 6) is -0.580. The van der Waals surface area contributed by atoms with E-state index in [9.17, 15) is 9.59 Å². The van der Waals surface area contributed by atoms with E-state index in [-0.39, 0.29) is 5.91 Å². The minimum absolute atomic E-state index is 0.149. The zero-order chi connectivity index (χ0) is 11.5. The van der Waals surface area contributed by atoms with Gasteiger partial charge in [0, 0.05) is 24.5 Å². The number of pyridine rings is 1. The fraction of sp³-hybridized carbons (Fsp3) is 0.364. The van der Waals surface area contributed by atoms with Crippen LogP contribution in [0.5, 0.6) is 0 Å². The minimum atomic E-state index is -0.458. The Balaban J connectivity index is 2.19. The highest BCUT2D eigenvalue weighted by Crippen LogP contribution is 2.19. The molecule has 0 unspecified atom stereocenters. The molecule has 1 aromatic heterocycles. The Morgan fingerprint density at radius 2 is 2.06 bits per heavy atom. The van der Waals surface area contributed by atoms with Crippen molar-refractivity contribution in [1.29, 1.82) is 0 Å². The van der Waals surface area contributed by atoms with Gasteiger partial charge in [-0.05, 0) is 25.0 Å². The predicted octanol–water partition coefficient (Wildman–Crippen LogP) is 0.171. The number of nitrogens with zero attached hydrogens (tertiary/aromatic N) is 2. The molecule has 1 aliphatic heterocycles. The molecule has 0 aromatic carbocycles. The zero-order valence-corrected chi connectivity index (χ0v) is 8.80. The summed E-state index contributed by atoms with van der Waals surface area (Å²) < 4.78 is 0. The van der Waals surface area contributed by atoms with Crippen LogP contribution < -0.4 is 5.73 Å². The van der Waals surface area contributed by atoms with E-state index >= 15 is 0 Å². The second-order valence-electron chi connectivity index (χ2n) is 3.79. The van der Waals surface area contributed by atoms with E-state index in [0.29, 0.717) is 18.5 Å². The van der Waals surface area contributed by atoms with E-state index < -0.39 is 11.9 Å². The van der Waals surface area contributed by atoms with Gasteiger partial charge >= 0.3 is 0 Å². The SMILES string of the molecule is NC(=O)[C@@H]1CCCN1C(=O)c1ccncc1. The zero-order valence-electron chi connectivity index (χ0n) is 8.80. The maximum Gasteiger partial charge on any atom is 0.254 e. The molecular formula is C11H13N3O2. The number of amides is 2. The molecule has 0 bridgehead atoms. The van der Waals surface area contributed by atoms with Crippen LogP contribution in [-0.2, 0) is 4.79 Å². The Labute approximate surface area is 93.3 Å². The molecule has 0 saturated carbocycles. The smallest absolute Gasteiger partial charge is 0.254 e. The van der Waals surface area contributed by atoms with Gasteiger partial charge < -0.3 is 10.6 Å². The molecule has 1 aromatic rings. The number of likely N-dealkylation sites (tertiary alicyclic amines) is 1. The molecule has 2 heterocycles. The summed E-state index contributed by atoms with van der Waals surface area (Å²) in [4.78, 5) is 28.6. The van der Waals surface area contributed by atoms with E-state index in [1.807, 2.05) is 0 Å². The van der Waals surface area contributed by atoms with Crippen LogP contribution in [0, 0.1) is 0 Å². The van der Waals surface area contributed by atoms with Crippen LogP contribution in [0.4, 0.5) is 0 Å². The number of primary amides is 1. The summed E-state index contributed by atoms with van der Waals surface area (Å²) in [7, 11) is 0. The third kappa shape index (κ3) is 1.88. The molecule has 0 radical (unpaired) electrons. The van der Waals surface area contributed by atoms with Gasteiger partial charge in [-0.15, -0.1) is 0 Å². The summed E-state index contributed by atoms with van der Waals surface area (Å²) >= 11 is 0. The highest BCUT2D eigenvalue weighted by Gasteiger charge is 2.32. The number of aromatic nitrogens is 1. The Hall–Kier alpha value is -1.91. The van der Waals surface area contributed by atoms with Gasteiger partial charge in [-0.3, -0.25) is 14.6 Å². The molecule has 16 heavy (non-hydrogen) atoms. The van der Waals surface area contributed by atoms with Crippen LogP contribution in [-0.4, -0.2) is 34.3 Å². The lowest BCUT2D eigenvalue weighted by atomic mass is 10.2. The number of rotatable bonds is 2. The maximum absolute atomic E-state index is 12.1. The molecular weight excluding hydrogens is 206 g/mol. The van der Waals surface area contributed by atoms with Gasteiger partial charge in [-0.2, -0.15) is 0 Å². The van der Waals surface area contributed by atoms with E-state index in [1.165, 1.54) is 4.90 Å². The van der Waals surface area contributed by atoms with Crippen LogP contribution in [0.15, 0.2) is 24.5 Å². The van der Waals surface area contributed by atoms with Gasteiger partial charge in [0.15, 0.2) is 0 Å². The molecule has 2 N–H and O–H groups in total. The van der Waals surface area contributed by atoms with Crippen molar-refractivity contribution in [3.63, 3.8) is 0 Å². The average molecular weight is 219 g/mol. The number of carbonyl (C=O) groups is 2. The Kier molecular flexibility index (Phi) is 2.85. The van der Waals surface area contributed by atoms with Crippen molar-refractivity contribution < 1.29 is 9.59 Å². The van der Waals surface area contributed by atoms with Crippen LogP contribution in [0.2, 0.25) is 0 Å². The van der Waals surface area contributed by atoms with Gasteiger partial charge in [-0.25, -0.2) is 0 Å². The molecule has 0 spiro atoms. The fourth-order valence-corrected chi connectivity index (χ4v) is 1.97. The Morgan fingerprint density at radius 3 is 2.69 bits per heavy atom. The number of hydrogen-bond donors (Lipinski definition) is 1. The predicted molar refractivity (Wildman–Crippen MR) is 57.5 cm³/mol. The standard InChI is InChI=1S/C11H13N3O2/c12-10(15)9-2-1-7-14(9)11(16)8-3-5-13-6-4-8/h3-6,9H,1-2,7H2,(H2,12,15)/t9-/m0/s1. The lowest BCUT2D eigenvalue weighted by molar-refractivity contribution is -0.121. The monoisotopic (exact) mass is 219 g/mol.